The largest absolute Gasteiger partial charge is 0.466 e. The molecule has 72 heavy (non-hydrogen) atoms. The molecule has 7 unspecified atom stereocenters. The molecule has 1 heterocycles. The first-order chi connectivity index (χ1) is 35.2. The van der Waals surface area contributed by atoms with Crippen LogP contribution in [0, 0.1) is 0 Å². The number of carbonyl (C=O) groups excluding carboxylic acids is 2. The van der Waals surface area contributed by atoms with Gasteiger partial charge in [0.25, 0.3) is 0 Å². The lowest BCUT2D eigenvalue weighted by atomic mass is 9.99. The molecule has 1 aliphatic rings. The fourth-order valence-corrected chi connectivity index (χ4v) is 9.09. The van der Waals surface area contributed by atoms with Crippen molar-refractivity contribution in [2.24, 2.45) is 0 Å². The van der Waals surface area contributed by atoms with E-state index in [1.165, 1.54) is 161 Å². The van der Waals surface area contributed by atoms with Crippen molar-refractivity contribution in [1.82, 2.24) is 5.32 Å². The summed E-state index contributed by atoms with van der Waals surface area (Å²) in [6.45, 7) is 4.25. The molecule has 420 valence electrons. The summed E-state index contributed by atoms with van der Waals surface area (Å²) in [6, 6.07) is -0.833. The third kappa shape index (κ3) is 40.0. The molecule has 0 aromatic carbocycles. The maximum Gasteiger partial charge on any atom is 0.305 e. The summed E-state index contributed by atoms with van der Waals surface area (Å²) < 4.78 is 16.7. The van der Waals surface area contributed by atoms with Crippen LogP contribution in [0.2, 0.25) is 0 Å². The topological polar surface area (TPSA) is 175 Å². The molecule has 11 nitrogen and oxygen atoms in total. The molecule has 0 spiro atoms. The van der Waals surface area contributed by atoms with Gasteiger partial charge in [0.1, 0.15) is 24.4 Å². The van der Waals surface area contributed by atoms with Crippen molar-refractivity contribution in [2.45, 2.75) is 307 Å². The van der Waals surface area contributed by atoms with Crippen molar-refractivity contribution in [2.75, 3.05) is 19.8 Å². The van der Waals surface area contributed by atoms with Gasteiger partial charge in [-0.05, 0) is 96.3 Å². The predicted molar refractivity (Wildman–Crippen MR) is 297 cm³/mol. The number of unbranched alkanes of at least 4 members (excludes halogenated alkanes) is 31. The van der Waals surface area contributed by atoms with Crippen molar-refractivity contribution in [3.05, 3.63) is 48.6 Å². The van der Waals surface area contributed by atoms with E-state index in [9.17, 15) is 35.1 Å². The smallest absolute Gasteiger partial charge is 0.305 e. The molecule has 0 radical (unpaired) electrons. The molecule has 0 bridgehead atoms. The molecule has 7 atom stereocenters. The Morgan fingerprint density at radius 2 is 0.903 bits per heavy atom. The Morgan fingerprint density at radius 3 is 1.40 bits per heavy atom. The predicted octanol–water partition coefficient (Wildman–Crippen LogP) is 13.7. The quantitative estimate of drug-likeness (QED) is 0.0195. The van der Waals surface area contributed by atoms with E-state index in [-0.39, 0.29) is 18.5 Å². The number of aliphatic hydroxyl groups excluding tert-OH is 5. The van der Waals surface area contributed by atoms with Crippen LogP contribution in [0.15, 0.2) is 48.6 Å². The minimum Gasteiger partial charge on any atom is -0.466 e. The van der Waals surface area contributed by atoms with Gasteiger partial charge in [-0.3, -0.25) is 9.59 Å². The van der Waals surface area contributed by atoms with E-state index in [1.807, 2.05) is 6.08 Å². The molecule has 0 aromatic heterocycles. The van der Waals surface area contributed by atoms with Gasteiger partial charge in [0, 0.05) is 12.8 Å². The first-order valence-corrected chi connectivity index (χ1v) is 29.9. The van der Waals surface area contributed by atoms with Crippen LogP contribution in [0.3, 0.4) is 0 Å². The molecule has 6 N–H and O–H groups in total. The van der Waals surface area contributed by atoms with Gasteiger partial charge in [0.15, 0.2) is 6.29 Å². The third-order valence-electron chi connectivity index (χ3n) is 13.9. The summed E-state index contributed by atoms with van der Waals surface area (Å²) in [6.07, 6.45) is 53.7. The number of ether oxygens (including phenoxy) is 3. The molecule has 1 fully saturated rings. The Morgan fingerprint density at radius 1 is 0.500 bits per heavy atom. The fourth-order valence-electron chi connectivity index (χ4n) is 9.09. The van der Waals surface area contributed by atoms with E-state index in [1.54, 1.807) is 6.08 Å². The van der Waals surface area contributed by atoms with Crippen LogP contribution in [-0.2, 0) is 23.8 Å². The molecule has 1 rings (SSSR count). The summed E-state index contributed by atoms with van der Waals surface area (Å²) >= 11 is 0. The minimum absolute atomic E-state index is 0.0169. The maximum absolute atomic E-state index is 13.0. The number of hydrogen-bond acceptors (Lipinski definition) is 10. The summed E-state index contributed by atoms with van der Waals surface area (Å²) in [7, 11) is 0. The Kier molecular flexibility index (Phi) is 47.7. The second kappa shape index (κ2) is 50.8. The molecule has 1 saturated heterocycles. The Balaban J connectivity index is 2.03. The highest BCUT2D eigenvalue weighted by atomic mass is 16.7. The number of esters is 1. The first-order valence-electron chi connectivity index (χ1n) is 29.9. The SMILES string of the molecule is CCCCC/C=C/CC/C=C/C(O)C(COC1OC(CO)C(O)C(O)C1O)NC(=O)CCCCCCCCC/C=C\CCCCCCCCCCCOC(=O)CCCCCCC/C=C\CCCCCCCC. The lowest BCUT2D eigenvalue weighted by Gasteiger charge is -2.40. The Hall–Kier alpha value is -2.38. The van der Waals surface area contributed by atoms with Gasteiger partial charge in [0.05, 0.1) is 32.0 Å². The van der Waals surface area contributed by atoms with E-state index >= 15 is 0 Å². The molecule has 1 aliphatic heterocycles. The normalized spacial score (nSPS) is 19.3. The van der Waals surface area contributed by atoms with Gasteiger partial charge in [-0.1, -0.05) is 204 Å². The van der Waals surface area contributed by atoms with Crippen LogP contribution in [0.5, 0.6) is 0 Å². The second-order valence-electron chi connectivity index (χ2n) is 20.7. The molecule has 0 aliphatic carbocycles. The van der Waals surface area contributed by atoms with Gasteiger partial charge < -0.3 is 45.1 Å². The van der Waals surface area contributed by atoms with Crippen molar-refractivity contribution in [1.29, 1.82) is 0 Å². The molecule has 1 amide bonds. The molecule has 0 saturated carbocycles. The highest BCUT2D eigenvalue weighted by Crippen LogP contribution is 2.23. The van der Waals surface area contributed by atoms with Crippen LogP contribution in [0.4, 0.5) is 0 Å². The summed E-state index contributed by atoms with van der Waals surface area (Å²) in [4.78, 5) is 25.0. The van der Waals surface area contributed by atoms with Crippen LogP contribution in [0.1, 0.15) is 264 Å². The Bertz CT molecular complexity index is 1340. The lowest BCUT2D eigenvalue weighted by molar-refractivity contribution is -0.302. The monoisotopic (exact) mass is 1020 g/mol. The average molecular weight is 1020 g/mol. The third-order valence-corrected chi connectivity index (χ3v) is 13.9. The van der Waals surface area contributed by atoms with Gasteiger partial charge in [-0.2, -0.15) is 0 Å². The van der Waals surface area contributed by atoms with Crippen LogP contribution >= 0.6 is 0 Å². The number of hydrogen-bond donors (Lipinski definition) is 6. The summed E-state index contributed by atoms with van der Waals surface area (Å²) in [5.41, 5.74) is 0. The van der Waals surface area contributed by atoms with Crippen LogP contribution in [-0.4, -0.2) is 100 Å². The van der Waals surface area contributed by atoms with Gasteiger partial charge in [-0.15, -0.1) is 0 Å². The summed E-state index contributed by atoms with van der Waals surface area (Å²) in [5, 5.41) is 54.1. The highest BCUT2D eigenvalue weighted by Gasteiger charge is 2.44. The van der Waals surface area contributed by atoms with Crippen molar-refractivity contribution >= 4 is 11.9 Å². The van der Waals surface area contributed by atoms with Crippen molar-refractivity contribution in [3.8, 4) is 0 Å². The second-order valence-corrected chi connectivity index (χ2v) is 20.7. The van der Waals surface area contributed by atoms with E-state index in [0.29, 0.717) is 19.4 Å². The lowest BCUT2D eigenvalue weighted by Crippen LogP contribution is -2.60. The average Bonchev–Trinajstić information content (AvgIpc) is 3.38. The van der Waals surface area contributed by atoms with Crippen LogP contribution in [0.25, 0.3) is 0 Å². The molecular weight excluding hydrogens is 907 g/mol. The number of rotatable bonds is 51. The van der Waals surface area contributed by atoms with Crippen molar-refractivity contribution in [3.63, 3.8) is 0 Å². The number of carbonyl (C=O) groups is 2. The maximum atomic E-state index is 13.0. The van der Waals surface area contributed by atoms with E-state index in [0.717, 1.165) is 77.0 Å². The van der Waals surface area contributed by atoms with E-state index < -0.39 is 49.5 Å². The minimum atomic E-state index is -1.58. The van der Waals surface area contributed by atoms with Crippen LogP contribution < -0.4 is 5.32 Å². The molecule has 11 heteroatoms. The molecular formula is C61H111NO10. The fraction of sp³-hybridized carbons (Fsp3) is 0.836. The van der Waals surface area contributed by atoms with E-state index in [4.69, 9.17) is 14.2 Å². The number of allylic oxidation sites excluding steroid dienone is 7. The first kappa shape index (κ1) is 67.6. The van der Waals surface area contributed by atoms with Crippen molar-refractivity contribution < 1.29 is 49.3 Å². The number of aliphatic hydroxyl groups is 5. The highest BCUT2D eigenvalue weighted by molar-refractivity contribution is 5.76. The summed E-state index contributed by atoms with van der Waals surface area (Å²) in [5.74, 6) is -0.221. The number of nitrogens with one attached hydrogen (secondary N) is 1. The van der Waals surface area contributed by atoms with Gasteiger partial charge >= 0.3 is 5.97 Å². The zero-order chi connectivity index (χ0) is 52.4. The Labute approximate surface area is 440 Å². The zero-order valence-corrected chi connectivity index (χ0v) is 46.1. The number of amides is 1. The van der Waals surface area contributed by atoms with Gasteiger partial charge in [-0.25, -0.2) is 0 Å². The van der Waals surface area contributed by atoms with E-state index in [2.05, 4.69) is 55.6 Å². The standard InChI is InChI=1S/C61H111NO10/c1-3-5-7-9-11-13-14-15-22-26-29-33-37-41-45-49-57(66)70-50-46-42-38-34-30-27-24-21-19-17-16-18-20-23-25-28-32-36-40-44-48-56(65)62-53(54(64)47-43-39-35-31-12-10-8-6-4-2)52-71-61-60(69)59(68)58(67)55(51-63)72-61/h12,15-16,18,22,31,43,47,53-55,58-61,63-64,67-69H,3-11,13-14,17,19-21,23-30,32-42,44-46,48-52H2,1-2H3,(H,62,65)/b18-16-,22-15-,31-12+,47-43+. The zero-order valence-electron chi connectivity index (χ0n) is 46.1. The molecule has 0 aromatic rings. The van der Waals surface area contributed by atoms with Gasteiger partial charge in [0.2, 0.25) is 5.91 Å².